The summed E-state index contributed by atoms with van der Waals surface area (Å²) in [6.07, 6.45) is 8.01. The van der Waals surface area contributed by atoms with Crippen LogP contribution in [0.3, 0.4) is 0 Å². The van der Waals surface area contributed by atoms with Crippen LogP contribution in [0.25, 0.3) is 0 Å². The molecular weight excluding hydrogens is 374 g/mol. The molecule has 2 rings (SSSR count). The molecule has 1 aliphatic carbocycles. The van der Waals surface area contributed by atoms with Crippen molar-refractivity contribution < 1.29 is 13.8 Å². The van der Waals surface area contributed by atoms with E-state index in [1.165, 1.54) is 12.8 Å². The van der Waals surface area contributed by atoms with E-state index >= 15 is 0 Å². The van der Waals surface area contributed by atoms with Gasteiger partial charge in [-0.15, -0.1) is 0 Å². The molecule has 0 saturated heterocycles. The second-order valence-corrected chi connectivity index (χ2v) is 7.73. The Bertz CT molecular complexity index is 555. The summed E-state index contributed by atoms with van der Waals surface area (Å²) in [4.78, 5) is 0. The van der Waals surface area contributed by atoms with Crippen LogP contribution in [0.5, 0.6) is 5.75 Å². The molecule has 0 N–H and O–H groups in total. The lowest BCUT2D eigenvalue weighted by Gasteiger charge is -2.23. The van der Waals surface area contributed by atoms with Gasteiger partial charge in [0.2, 0.25) is 0 Å². The highest BCUT2D eigenvalue weighted by molar-refractivity contribution is 7.10. The van der Waals surface area contributed by atoms with Crippen molar-refractivity contribution in [2.24, 2.45) is 17.8 Å². The fourth-order valence-corrected chi connectivity index (χ4v) is 4.35. The van der Waals surface area contributed by atoms with Crippen LogP contribution in [-0.2, 0) is 9.05 Å². The summed E-state index contributed by atoms with van der Waals surface area (Å²) < 4.78 is 16.9. The molecule has 0 heterocycles. The zero-order valence-electron chi connectivity index (χ0n) is 14.9. The molecule has 3 nitrogen and oxygen atoms in total. The molecule has 1 aromatic carbocycles. The lowest BCUT2D eigenvalue weighted by Crippen LogP contribution is -2.21. The van der Waals surface area contributed by atoms with Gasteiger partial charge in [0.15, 0.2) is 0 Å². The van der Waals surface area contributed by atoms with Crippen molar-refractivity contribution in [2.45, 2.75) is 45.3 Å². The van der Waals surface area contributed by atoms with E-state index in [2.05, 4.69) is 44.9 Å². The van der Waals surface area contributed by atoms with Crippen LogP contribution in [0, 0.1) is 17.8 Å². The van der Waals surface area contributed by atoms with Crippen molar-refractivity contribution in [3.63, 3.8) is 0 Å². The van der Waals surface area contributed by atoms with Crippen LogP contribution in [0.4, 0.5) is 0 Å². The molecule has 1 fully saturated rings. The first-order chi connectivity index (χ1) is 12.1. The number of benzene rings is 1. The van der Waals surface area contributed by atoms with Gasteiger partial charge in [-0.3, -0.25) is 0 Å². The standard InChI is InChI=1S/C19H29ClO3P2/c1-3-5-17-13(2)10-19(23-25)18(17)9-8-16(22-24)12-21-15-7-4-6-14(20)11-15/h4,6-9,11,13,16-19H,3,5,10,12,24-25H2,1-2H3/b9-8+/t13-,16?,17-,18+,19?/m0/s1. The predicted molar refractivity (Wildman–Crippen MR) is 111 cm³/mol. The minimum atomic E-state index is -0.132. The monoisotopic (exact) mass is 402 g/mol. The Balaban J connectivity index is 1.98. The smallest absolute Gasteiger partial charge is 0.120 e. The van der Waals surface area contributed by atoms with Crippen molar-refractivity contribution in [2.75, 3.05) is 6.61 Å². The third kappa shape index (κ3) is 6.19. The average Bonchev–Trinajstić information content (AvgIpc) is 2.91. The van der Waals surface area contributed by atoms with Crippen molar-refractivity contribution in [3.8, 4) is 5.75 Å². The molecular formula is C19H29ClO3P2. The van der Waals surface area contributed by atoms with E-state index in [9.17, 15) is 0 Å². The molecule has 1 aliphatic rings. The third-order valence-corrected chi connectivity index (χ3v) is 5.92. The summed E-state index contributed by atoms with van der Waals surface area (Å²) in [6, 6.07) is 7.40. The van der Waals surface area contributed by atoms with Gasteiger partial charge >= 0.3 is 0 Å². The normalized spacial score (nSPS) is 27.7. The molecule has 4 unspecified atom stereocenters. The lowest BCUT2D eigenvalue weighted by molar-refractivity contribution is 0.178. The summed E-state index contributed by atoms with van der Waals surface area (Å²) >= 11 is 5.99. The number of rotatable bonds is 9. The van der Waals surface area contributed by atoms with E-state index in [1.807, 2.05) is 18.2 Å². The maximum atomic E-state index is 5.99. The van der Waals surface area contributed by atoms with E-state index in [4.69, 9.17) is 25.4 Å². The molecule has 0 aliphatic heterocycles. The second kappa shape index (κ2) is 10.9. The van der Waals surface area contributed by atoms with Crippen molar-refractivity contribution >= 4 is 30.5 Å². The molecule has 0 spiro atoms. The molecule has 0 radical (unpaired) electrons. The van der Waals surface area contributed by atoms with Crippen LogP contribution in [-0.4, -0.2) is 18.8 Å². The van der Waals surface area contributed by atoms with Crippen LogP contribution in [0.2, 0.25) is 5.02 Å². The Morgan fingerprint density at radius 1 is 1.36 bits per heavy atom. The molecule has 0 bridgehead atoms. The van der Waals surface area contributed by atoms with Gasteiger partial charge in [-0.05, 0) is 42.9 Å². The van der Waals surface area contributed by atoms with E-state index in [-0.39, 0.29) is 12.2 Å². The van der Waals surface area contributed by atoms with Gasteiger partial charge in [-0.2, -0.15) is 0 Å². The van der Waals surface area contributed by atoms with Crippen molar-refractivity contribution in [3.05, 3.63) is 41.4 Å². The number of hydrogen-bond acceptors (Lipinski definition) is 3. The lowest BCUT2D eigenvalue weighted by atomic mass is 9.86. The highest BCUT2D eigenvalue weighted by Gasteiger charge is 2.39. The quantitative estimate of drug-likeness (QED) is 0.392. The maximum Gasteiger partial charge on any atom is 0.120 e. The Morgan fingerprint density at radius 2 is 2.16 bits per heavy atom. The summed E-state index contributed by atoms with van der Waals surface area (Å²) in [5.74, 6) is 2.50. The zero-order valence-corrected chi connectivity index (χ0v) is 18.0. The first-order valence-electron chi connectivity index (χ1n) is 8.86. The third-order valence-electron chi connectivity index (χ3n) is 4.99. The molecule has 0 aromatic heterocycles. The molecule has 25 heavy (non-hydrogen) atoms. The second-order valence-electron chi connectivity index (χ2n) is 6.75. The van der Waals surface area contributed by atoms with Gasteiger partial charge in [-0.25, -0.2) is 0 Å². The summed E-state index contributed by atoms with van der Waals surface area (Å²) in [7, 11) is 4.77. The van der Waals surface area contributed by atoms with Gasteiger partial charge in [0.05, 0.1) is 6.10 Å². The van der Waals surface area contributed by atoms with Gasteiger partial charge in [0.1, 0.15) is 18.5 Å². The van der Waals surface area contributed by atoms with Crippen LogP contribution < -0.4 is 4.74 Å². The Labute approximate surface area is 161 Å². The maximum absolute atomic E-state index is 5.99. The number of halogens is 1. The van der Waals surface area contributed by atoms with Crippen LogP contribution in [0.1, 0.15) is 33.1 Å². The van der Waals surface area contributed by atoms with Gasteiger partial charge in [0.25, 0.3) is 0 Å². The number of ether oxygens (including phenoxy) is 1. The average molecular weight is 403 g/mol. The van der Waals surface area contributed by atoms with Crippen LogP contribution >= 0.6 is 30.5 Å². The van der Waals surface area contributed by atoms with Gasteiger partial charge < -0.3 is 13.8 Å². The molecule has 7 atom stereocenters. The van der Waals surface area contributed by atoms with E-state index in [0.717, 1.165) is 12.2 Å². The SMILES string of the molecule is CCC[C@H]1[C@@H](C)CC(OP)[C@@H]1/C=C/C(COc1cccc(Cl)c1)OP. The fourth-order valence-electron chi connectivity index (χ4n) is 3.70. The molecule has 1 saturated carbocycles. The Morgan fingerprint density at radius 3 is 2.80 bits per heavy atom. The van der Waals surface area contributed by atoms with Gasteiger partial charge in [0, 0.05) is 29.9 Å². The summed E-state index contributed by atoms with van der Waals surface area (Å²) in [5, 5.41) is 0.666. The molecule has 0 amide bonds. The Kier molecular flexibility index (Phi) is 9.17. The number of hydrogen-bond donors (Lipinski definition) is 0. The topological polar surface area (TPSA) is 27.7 Å². The van der Waals surface area contributed by atoms with Crippen molar-refractivity contribution in [1.82, 2.24) is 0 Å². The van der Waals surface area contributed by atoms with Crippen LogP contribution in [0.15, 0.2) is 36.4 Å². The highest BCUT2D eigenvalue weighted by atomic mass is 35.5. The van der Waals surface area contributed by atoms with E-state index in [0.29, 0.717) is 29.4 Å². The predicted octanol–water partition coefficient (Wildman–Crippen LogP) is 5.70. The first-order valence-corrected chi connectivity index (χ1v) is 10.2. The zero-order chi connectivity index (χ0) is 18.2. The molecule has 6 heteroatoms. The minimum Gasteiger partial charge on any atom is -0.490 e. The molecule has 1 aromatic rings. The van der Waals surface area contributed by atoms with E-state index in [1.54, 1.807) is 6.07 Å². The van der Waals surface area contributed by atoms with E-state index < -0.39 is 0 Å². The largest absolute Gasteiger partial charge is 0.490 e. The molecule has 140 valence electrons. The highest BCUT2D eigenvalue weighted by Crippen LogP contribution is 2.43. The minimum absolute atomic E-state index is 0.132. The van der Waals surface area contributed by atoms with Crippen molar-refractivity contribution in [1.29, 1.82) is 0 Å². The first kappa shape index (κ1) is 21.1. The summed E-state index contributed by atoms with van der Waals surface area (Å²) in [5.41, 5.74) is 0. The Hall–Kier alpha value is -0.170. The fraction of sp³-hybridized carbons (Fsp3) is 0.579. The van der Waals surface area contributed by atoms with Gasteiger partial charge in [-0.1, -0.05) is 50.1 Å². The summed E-state index contributed by atoms with van der Waals surface area (Å²) in [6.45, 7) is 5.01.